The summed E-state index contributed by atoms with van der Waals surface area (Å²) in [5.74, 6) is -2.37. The topological polar surface area (TPSA) is 67.4 Å². The third-order valence-corrected chi connectivity index (χ3v) is 3.28. The zero-order chi connectivity index (χ0) is 19.3. The maximum atomic E-state index is 13.5. The maximum Gasteiger partial charge on any atom is 0.416 e. The van der Waals surface area contributed by atoms with Crippen LogP contribution in [0.25, 0.3) is 0 Å². The van der Waals surface area contributed by atoms with Crippen molar-refractivity contribution in [3.63, 3.8) is 0 Å². The quantitative estimate of drug-likeness (QED) is 0.642. The largest absolute Gasteiger partial charge is 0.478 e. The molecular formula is C17H14F4N2O3. The van der Waals surface area contributed by atoms with Gasteiger partial charge in [0.2, 0.25) is 0 Å². The second kappa shape index (κ2) is 7.85. The number of hydrogen-bond donors (Lipinski definition) is 2. The van der Waals surface area contributed by atoms with E-state index >= 15 is 0 Å². The number of amides is 2. The molecule has 0 saturated heterocycles. The number of benzene rings is 2. The van der Waals surface area contributed by atoms with Crippen LogP contribution in [0.3, 0.4) is 0 Å². The summed E-state index contributed by atoms with van der Waals surface area (Å²) in [6, 6.07) is 8.92. The molecule has 2 amide bonds. The monoisotopic (exact) mass is 370 g/mol. The van der Waals surface area contributed by atoms with Gasteiger partial charge in [0.1, 0.15) is 0 Å². The number of carbonyl (C=O) groups excluding carboxylic acids is 2. The molecule has 2 aromatic rings. The number of ether oxygens (including phenoxy) is 1. The van der Waals surface area contributed by atoms with E-state index in [1.165, 1.54) is 25.1 Å². The summed E-state index contributed by atoms with van der Waals surface area (Å²) < 4.78 is 56.0. The van der Waals surface area contributed by atoms with E-state index in [4.69, 9.17) is 4.74 Å². The van der Waals surface area contributed by atoms with Crippen molar-refractivity contribution in [2.24, 2.45) is 0 Å². The summed E-state index contributed by atoms with van der Waals surface area (Å²) >= 11 is 0. The van der Waals surface area contributed by atoms with E-state index in [-0.39, 0.29) is 11.3 Å². The molecule has 0 fully saturated rings. The normalized spacial score (nSPS) is 12.2. The van der Waals surface area contributed by atoms with E-state index in [2.05, 4.69) is 5.43 Å². The van der Waals surface area contributed by atoms with Crippen molar-refractivity contribution in [1.82, 2.24) is 10.9 Å². The lowest BCUT2D eigenvalue weighted by atomic mass is 10.1. The highest BCUT2D eigenvalue weighted by Crippen LogP contribution is 2.29. The molecule has 0 aliphatic carbocycles. The van der Waals surface area contributed by atoms with Gasteiger partial charge in [-0.05, 0) is 43.3 Å². The molecule has 0 heterocycles. The predicted molar refractivity (Wildman–Crippen MR) is 83.5 cm³/mol. The molecular weight excluding hydrogens is 356 g/mol. The molecule has 0 aromatic heterocycles. The van der Waals surface area contributed by atoms with Gasteiger partial charge in [-0.3, -0.25) is 20.4 Å². The van der Waals surface area contributed by atoms with E-state index in [9.17, 15) is 27.2 Å². The molecule has 2 aromatic carbocycles. The van der Waals surface area contributed by atoms with Gasteiger partial charge in [0.25, 0.3) is 11.8 Å². The standard InChI is InChI=1S/C17H14F4N2O3/c1-10(26-14-5-3-2-4-13(14)18)15(24)22-23-16(25)11-6-8-12(9-7-11)17(19,20)21/h2-10H,1H3,(H,22,24)(H,23,25). The highest BCUT2D eigenvalue weighted by Gasteiger charge is 2.30. The number of nitrogens with one attached hydrogen (secondary N) is 2. The average molecular weight is 370 g/mol. The van der Waals surface area contributed by atoms with Crippen LogP contribution in [0.15, 0.2) is 48.5 Å². The van der Waals surface area contributed by atoms with Crippen molar-refractivity contribution >= 4 is 11.8 Å². The fraction of sp³-hybridized carbons (Fsp3) is 0.176. The molecule has 0 aliphatic heterocycles. The molecule has 1 atom stereocenters. The lowest BCUT2D eigenvalue weighted by Crippen LogP contribution is -2.47. The highest BCUT2D eigenvalue weighted by atomic mass is 19.4. The molecule has 5 nitrogen and oxygen atoms in total. The van der Waals surface area contributed by atoms with Gasteiger partial charge in [0.15, 0.2) is 17.7 Å². The maximum absolute atomic E-state index is 13.5. The SMILES string of the molecule is CC(Oc1ccccc1F)C(=O)NNC(=O)c1ccc(C(F)(F)F)cc1. The molecule has 0 aliphatic rings. The molecule has 0 radical (unpaired) electrons. The first-order valence-corrected chi connectivity index (χ1v) is 7.37. The van der Waals surface area contributed by atoms with Gasteiger partial charge < -0.3 is 4.74 Å². The summed E-state index contributed by atoms with van der Waals surface area (Å²) in [5.41, 5.74) is 3.12. The second-order valence-electron chi connectivity index (χ2n) is 5.21. The Morgan fingerprint density at radius 2 is 1.62 bits per heavy atom. The smallest absolute Gasteiger partial charge is 0.416 e. The van der Waals surface area contributed by atoms with Crippen LogP contribution in [0.1, 0.15) is 22.8 Å². The van der Waals surface area contributed by atoms with Crippen molar-refractivity contribution in [3.05, 3.63) is 65.5 Å². The van der Waals surface area contributed by atoms with Gasteiger partial charge in [-0.15, -0.1) is 0 Å². The Morgan fingerprint density at radius 3 is 2.19 bits per heavy atom. The molecule has 26 heavy (non-hydrogen) atoms. The van der Waals surface area contributed by atoms with Crippen molar-refractivity contribution < 1.29 is 31.9 Å². The molecule has 2 N–H and O–H groups in total. The predicted octanol–water partition coefficient (Wildman–Crippen LogP) is 3.07. The van der Waals surface area contributed by atoms with Crippen LogP contribution < -0.4 is 15.6 Å². The fourth-order valence-corrected chi connectivity index (χ4v) is 1.89. The average Bonchev–Trinajstić information content (AvgIpc) is 2.60. The third-order valence-electron chi connectivity index (χ3n) is 3.28. The van der Waals surface area contributed by atoms with Crippen molar-refractivity contribution in [2.45, 2.75) is 19.2 Å². The Labute approximate surface area is 145 Å². The van der Waals surface area contributed by atoms with Gasteiger partial charge >= 0.3 is 6.18 Å². The van der Waals surface area contributed by atoms with Crippen LogP contribution in [0, 0.1) is 5.82 Å². The summed E-state index contributed by atoms with van der Waals surface area (Å²) in [7, 11) is 0. The van der Waals surface area contributed by atoms with E-state index < -0.39 is 35.5 Å². The van der Waals surface area contributed by atoms with Gasteiger partial charge in [-0.1, -0.05) is 12.1 Å². The molecule has 0 saturated carbocycles. The summed E-state index contributed by atoms with van der Waals surface area (Å²) in [5, 5.41) is 0. The molecule has 0 bridgehead atoms. The Hall–Kier alpha value is -3.10. The van der Waals surface area contributed by atoms with Crippen molar-refractivity contribution in [2.75, 3.05) is 0 Å². The molecule has 1 unspecified atom stereocenters. The first-order valence-electron chi connectivity index (χ1n) is 7.37. The fourth-order valence-electron chi connectivity index (χ4n) is 1.89. The minimum absolute atomic E-state index is 0.0824. The zero-order valence-electron chi connectivity index (χ0n) is 13.4. The Kier molecular flexibility index (Phi) is 5.81. The van der Waals surface area contributed by atoms with Crippen LogP contribution in [0.2, 0.25) is 0 Å². The van der Waals surface area contributed by atoms with E-state index in [1.54, 1.807) is 0 Å². The summed E-state index contributed by atoms with van der Waals surface area (Å²) in [6.45, 7) is 1.34. The lowest BCUT2D eigenvalue weighted by Gasteiger charge is -2.15. The first-order chi connectivity index (χ1) is 12.2. The Bertz CT molecular complexity index is 791. The van der Waals surface area contributed by atoms with Gasteiger partial charge in [0.05, 0.1) is 5.56 Å². The van der Waals surface area contributed by atoms with Crippen LogP contribution in [-0.4, -0.2) is 17.9 Å². The number of rotatable bonds is 4. The minimum atomic E-state index is -4.51. The highest BCUT2D eigenvalue weighted by molar-refractivity contribution is 5.95. The lowest BCUT2D eigenvalue weighted by molar-refractivity contribution is -0.137. The van der Waals surface area contributed by atoms with Crippen LogP contribution >= 0.6 is 0 Å². The van der Waals surface area contributed by atoms with Gasteiger partial charge in [0, 0.05) is 5.56 Å². The molecule has 138 valence electrons. The molecule has 9 heteroatoms. The summed E-state index contributed by atoms with van der Waals surface area (Å²) in [6.07, 6.45) is -5.64. The van der Waals surface area contributed by atoms with Crippen LogP contribution in [0.5, 0.6) is 5.75 Å². The summed E-state index contributed by atoms with van der Waals surface area (Å²) in [4.78, 5) is 23.7. The zero-order valence-corrected chi connectivity index (χ0v) is 13.4. The Morgan fingerprint density at radius 1 is 1.00 bits per heavy atom. The van der Waals surface area contributed by atoms with E-state index in [0.717, 1.165) is 30.3 Å². The number of halogens is 4. The number of hydrogen-bond acceptors (Lipinski definition) is 3. The van der Waals surface area contributed by atoms with Crippen molar-refractivity contribution in [1.29, 1.82) is 0 Å². The van der Waals surface area contributed by atoms with Crippen LogP contribution in [0.4, 0.5) is 17.6 Å². The minimum Gasteiger partial charge on any atom is -0.478 e. The molecule has 0 spiro atoms. The van der Waals surface area contributed by atoms with Gasteiger partial charge in [-0.2, -0.15) is 13.2 Å². The van der Waals surface area contributed by atoms with E-state index in [0.29, 0.717) is 0 Å². The van der Waals surface area contributed by atoms with Crippen LogP contribution in [-0.2, 0) is 11.0 Å². The second-order valence-corrected chi connectivity index (χ2v) is 5.21. The number of carbonyl (C=O) groups is 2. The number of hydrazine groups is 1. The number of para-hydroxylation sites is 1. The molecule has 2 rings (SSSR count). The van der Waals surface area contributed by atoms with E-state index in [1.807, 2.05) is 5.43 Å². The number of alkyl halides is 3. The van der Waals surface area contributed by atoms with Crippen molar-refractivity contribution in [3.8, 4) is 5.75 Å². The Balaban J connectivity index is 1.90. The van der Waals surface area contributed by atoms with Gasteiger partial charge in [-0.25, -0.2) is 4.39 Å². The third kappa shape index (κ3) is 4.95. The first kappa shape index (κ1) is 19.2.